The molecule has 0 aliphatic carbocycles. The summed E-state index contributed by atoms with van der Waals surface area (Å²) in [5.41, 5.74) is 1.88. The molecule has 146 valence electrons. The molecular weight excluding hydrogens is 394 g/mol. The van der Waals surface area contributed by atoms with E-state index in [0.717, 1.165) is 16.8 Å². The fraction of sp³-hybridized carbons (Fsp3) is 0.333. The van der Waals surface area contributed by atoms with Crippen LogP contribution in [-0.2, 0) is 4.79 Å². The Balaban J connectivity index is 1.91. The molecule has 2 aromatic rings. The minimum atomic E-state index is -0.982. The van der Waals surface area contributed by atoms with Crippen LogP contribution in [0.25, 0.3) is 0 Å². The monoisotopic (exact) mass is 415 g/mol. The Morgan fingerprint density at radius 3 is 2.57 bits per heavy atom. The van der Waals surface area contributed by atoms with E-state index in [1.807, 2.05) is 55.1 Å². The van der Waals surface area contributed by atoms with Crippen molar-refractivity contribution in [3.8, 4) is 5.75 Å². The number of carbonyl (C=O) groups excluding carboxylic acids is 1. The number of aryl methyl sites for hydroxylation is 1. The molecule has 4 rings (SSSR count). The lowest BCUT2D eigenvalue weighted by Gasteiger charge is -2.56. The van der Waals surface area contributed by atoms with E-state index >= 15 is 0 Å². The highest BCUT2D eigenvalue weighted by molar-refractivity contribution is 7.80. The number of halogens is 1. The van der Waals surface area contributed by atoms with Crippen molar-refractivity contribution < 1.29 is 9.53 Å². The normalized spacial score (nSPS) is 25.5. The molecule has 3 atom stereocenters. The molecule has 2 heterocycles. The molecule has 2 aliphatic heterocycles. The maximum atomic E-state index is 13.3. The molecule has 1 fully saturated rings. The summed E-state index contributed by atoms with van der Waals surface area (Å²) in [4.78, 5) is 16.8. The number of fused-ring (bicyclic) bond motifs is 4. The van der Waals surface area contributed by atoms with Gasteiger partial charge in [-0.05, 0) is 56.4 Å². The summed E-state index contributed by atoms with van der Waals surface area (Å²) in [6.45, 7) is 3.96. The fourth-order valence-electron chi connectivity index (χ4n) is 4.09. The molecule has 2 aliphatic rings. The molecule has 0 radical (unpaired) electrons. The summed E-state index contributed by atoms with van der Waals surface area (Å²) >= 11 is 11.9. The third kappa shape index (κ3) is 2.83. The molecule has 1 amide bonds. The Hall–Kier alpha value is -2.31. The Morgan fingerprint density at radius 1 is 1.25 bits per heavy atom. The molecule has 2 bridgehead atoms. The summed E-state index contributed by atoms with van der Waals surface area (Å²) in [5.74, 6) is 0.151. The van der Waals surface area contributed by atoms with Gasteiger partial charge in [-0.1, -0.05) is 29.3 Å². The molecule has 0 saturated carbocycles. The highest BCUT2D eigenvalue weighted by Crippen LogP contribution is 2.50. The van der Waals surface area contributed by atoms with Crippen LogP contribution in [0.1, 0.15) is 24.1 Å². The van der Waals surface area contributed by atoms with Gasteiger partial charge in [0.05, 0.1) is 6.04 Å². The number of benzene rings is 2. The topological polar surface area (TPSA) is 44.8 Å². The van der Waals surface area contributed by atoms with Gasteiger partial charge in [-0.2, -0.15) is 0 Å². The highest BCUT2D eigenvalue weighted by atomic mass is 35.5. The zero-order valence-corrected chi connectivity index (χ0v) is 17.8. The Bertz CT molecular complexity index is 963. The molecule has 5 nitrogen and oxygen atoms in total. The number of hydrogen-bond acceptors (Lipinski definition) is 3. The molecule has 0 unspecified atom stereocenters. The molecule has 7 heteroatoms. The molecule has 0 spiro atoms. The highest BCUT2D eigenvalue weighted by Gasteiger charge is 2.59. The van der Waals surface area contributed by atoms with Crippen molar-refractivity contribution in [2.24, 2.45) is 5.92 Å². The van der Waals surface area contributed by atoms with Crippen LogP contribution in [0.2, 0.25) is 5.02 Å². The van der Waals surface area contributed by atoms with Gasteiger partial charge in [0.1, 0.15) is 11.7 Å². The van der Waals surface area contributed by atoms with Gasteiger partial charge >= 0.3 is 0 Å². The zero-order valence-electron chi connectivity index (χ0n) is 16.2. The van der Waals surface area contributed by atoms with Gasteiger partial charge in [0.25, 0.3) is 0 Å². The van der Waals surface area contributed by atoms with Crippen LogP contribution in [0.5, 0.6) is 5.75 Å². The van der Waals surface area contributed by atoms with Gasteiger partial charge in [0.2, 0.25) is 5.91 Å². The summed E-state index contributed by atoms with van der Waals surface area (Å²) < 4.78 is 6.49. The van der Waals surface area contributed by atoms with E-state index in [1.54, 1.807) is 25.1 Å². The van der Waals surface area contributed by atoms with Gasteiger partial charge in [-0.3, -0.25) is 9.69 Å². The van der Waals surface area contributed by atoms with E-state index in [2.05, 4.69) is 5.32 Å². The standard InChI is InChI=1S/C21H22ClN3O2S/c1-12-5-8-14(9-6-12)25-20(28)23-18-15-11-13(22)7-10-16(15)27-21(25,2)17(18)19(26)24(3)4/h5-11,17-18H,1-4H3,(H,23,28)/t17-,18+,21+/m1/s1. The summed E-state index contributed by atoms with van der Waals surface area (Å²) in [6.07, 6.45) is 0. The summed E-state index contributed by atoms with van der Waals surface area (Å²) in [7, 11) is 3.51. The van der Waals surface area contributed by atoms with Crippen LogP contribution < -0.4 is 15.0 Å². The number of ether oxygens (including phenoxy) is 1. The van der Waals surface area contributed by atoms with E-state index in [4.69, 9.17) is 28.6 Å². The minimum Gasteiger partial charge on any atom is -0.467 e. The number of amides is 1. The Labute approximate surface area is 175 Å². The molecule has 2 aromatic carbocycles. The fourth-order valence-corrected chi connectivity index (χ4v) is 4.69. The van der Waals surface area contributed by atoms with Gasteiger partial charge in [-0.25, -0.2) is 0 Å². The van der Waals surface area contributed by atoms with Crippen LogP contribution in [-0.4, -0.2) is 35.7 Å². The van der Waals surface area contributed by atoms with E-state index in [9.17, 15) is 4.79 Å². The summed E-state index contributed by atoms with van der Waals surface area (Å²) in [6, 6.07) is 13.2. The largest absolute Gasteiger partial charge is 0.467 e. The van der Waals surface area contributed by atoms with Crippen molar-refractivity contribution in [3.63, 3.8) is 0 Å². The smallest absolute Gasteiger partial charge is 0.233 e. The van der Waals surface area contributed by atoms with Crippen molar-refractivity contribution in [1.29, 1.82) is 0 Å². The number of carbonyl (C=O) groups is 1. The van der Waals surface area contributed by atoms with E-state index in [0.29, 0.717) is 15.9 Å². The van der Waals surface area contributed by atoms with Crippen LogP contribution in [0, 0.1) is 12.8 Å². The second kappa shape index (κ2) is 6.64. The predicted octanol–water partition coefficient (Wildman–Crippen LogP) is 3.90. The van der Waals surface area contributed by atoms with Crippen LogP contribution in [0.3, 0.4) is 0 Å². The van der Waals surface area contributed by atoms with E-state index in [-0.39, 0.29) is 11.9 Å². The Morgan fingerprint density at radius 2 is 1.93 bits per heavy atom. The van der Waals surface area contributed by atoms with Gasteiger partial charge in [-0.15, -0.1) is 0 Å². The molecule has 28 heavy (non-hydrogen) atoms. The number of rotatable bonds is 2. The second-order valence-corrected chi connectivity index (χ2v) is 8.47. The molecule has 1 saturated heterocycles. The third-order valence-electron chi connectivity index (χ3n) is 5.46. The molecule has 1 N–H and O–H groups in total. The van der Waals surface area contributed by atoms with Gasteiger partial charge in [0.15, 0.2) is 10.8 Å². The maximum Gasteiger partial charge on any atom is 0.233 e. The lowest BCUT2D eigenvalue weighted by Crippen LogP contribution is -2.72. The molecule has 0 aromatic heterocycles. The minimum absolute atomic E-state index is 0.0368. The first kappa shape index (κ1) is 19.0. The maximum absolute atomic E-state index is 13.3. The van der Waals surface area contributed by atoms with Gasteiger partial charge < -0.3 is 15.0 Å². The lowest BCUT2D eigenvalue weighted by atomic mass is 9.78. The second-order valence-electron chi connectivity index (χ2n) is 7.65. The number of nitrogens with one attached hydrogen (secondary N) is 1. The number of thiocarbonyl (C=S) groups is 1. The lowest BCUT2D eigenvalue weighted by molar-refractivity contribution is -0.144. The van der Waals surface area contributed by atoms with Crippen LogP contribution in [0.4, 0.5) is 5.69 Å². The average molecular weight is 416 g/mol. The molecular formula is C21H22ClN3O2S. The average Bonchev–Trinajstić information content (AvgIpc) is 2.63. The number of hydrogen-bond donors (Lipinski definition) is 1. The first-order chi connectivity index (χ1) is 13.2. The van der Waals surface area contributed by atoms with Crippen molar-refractivity contribution in [1.82, 2.24) is 10.2 Å². The van der Waals surface area contributed by atoms with Gasteiger partial charge in [0, 0.05) is 30.4 Å². The van der Waals surface area contributed by atoms with Crippen molar-refractivity contribution in [3.05, 3.63) is 58.6 Å². The van der Waals surface area contributed by atoms with Crippen molar-refractivity contribution in [2.45, 2.75) is 25.6 Å². The predicted molar refractivity (Wildman–Crippen MR) is 115 cm³/mol. The van der Waals surface area contributed by atoms with Crippen LogP contribution >= 0.6 is 23.8 Å². The quantitative estimate of drug-likeness (QED) is 0.754. The Kier molecular flexibility index (Phi) is 4.51. The van der Waals surface area contributed by atoms with Crippen molar-refractivity contribution in [2.75, 3.05) is 19.0 Å². The third-order valence-corrected chi connectivity index (χ3v) is 5.99. The SMILES string of the molecule is Cc1ccc(N2C(=S)N[C@H]3c4cc(Cl)ccc4O[C@@]2(C)[C@H]3C(=O)N(C)C)cc1. The van der Waals surface area contributed by atoms with Crippen molar-refractivity contribution >= 4 is 40.5 Å². The number of anilines is 1. The first-order valence-electron chi connectivity index (χ1n) is 9.09. The summed E-state index contributed by atoms with van der Waals surface area (Å²) in [5, 5.41) is 4.49. The first-order valence-corrected chi connectivity index (χ1v) is 9.88. The van der Waals surface area contributed by atoms with E-state index in [1.165, 1.54) is 0 Å². The van der Waals surface area contributed by atoms with Crippen LogP contribution in [0.15, 0.2) is 42.5 Å². The number of nitrogens with zero attached hydrogens (tertiary/aromatic N) is 2. The zero-order chi connectivity index (χ0) is 20.2. The van der Waals surface area contributed by atoms with E-state index < -0.39 is 11.6 Å².